The topological polar surface area (TPSA) is 46.9 Å². The Bertz CT molecular complexity index is 652. The first kappa shape index (κ1) is 14.1. The van der Waals surface area contributed by atoms with Crippen molar-refractivity contribution in [2.75, 3.05) is 5.32 Å². The number of aromatic nitrogens is 2. The minimum atomic E-state index is -0.202. The fourth-order valence-electron chi connectivity index (χ4n) is 1.88. The van der Waals surface area contributed by atoms with Crippen molar-refractivity contribution in [1.29, 1.82) is 0 Å². The molecule has 1 amide bonds. The Morgan fingerprint density at radius 2 is 2.11 bits per heavy atom. The molecule has 4 nitrogen and oxygen atoms in total. The van der Waals surface area contributed by atoms with Gasteiger partial charge in [-0.1, -0.05) is 27.5 Å². The molecule has 0 radical (unpaired) electrons. The Kier molecular flexibility index (Phi) is 3.96. The number of halogens is 2. The van der Waals surface area contributed by atoms with E-state index in [0.717, 1.165) is 10.2 Å². The van der Waals surface area contributed by atoms with Gasteiger partial charge < -0.3 is 5.32 Å². The molecule has 0 spiro atoms. The largest absolute Gasteiger partial charge is 0.321 e. The van der Waals surface area contributed by atoms with E-state index in [0.29, 0.717) is 22.0 Å². The number of rotatable bonds is 2. The molecule has 6 heteroatoms. The highest BCUT2D eigenvalue weighted by atomic mass is 79.9. The fourth-order valence-corrected chi connectivity index (χ4v) is 2.60. The SMILES string of the molecule is Cc1nn(C)c(C)c1C(=O)Nc1ccc(Br)cc1Cl. The number of hydrogen-bond donors (Lipinski definition) is 1. The number of carbonyl (C=O) groups excluding carboxylic acids is 1. The molecule has 0 saturated heterocycles. The second kappa shape index (κ2) is 5.35. The Morgan fingerprint density at radius 1 is 1.42 bits per heavy atom. The summed E-state index contributed by atoms with van der Waals surface area (Å²) in [6, 6.07) is 5.32. The second-order valence-corrected chi connectivity index (χ2v) is 5.57. The Morgan fingerprint density at radius 3 is 2.63 bits per heavy atom. The summed E-state index contributed by atoms with van der Waals surface area (Å²) >= 11 is 9.40. The van der Waals surface area contributed by atoms with Crippen LogP contribution in [-0.2, 0) is 7.05 Å². The van der Waals surface area contributed by atoms with E-state index >= 15 is 0 Å². The molecule has 0 atom stereocenters. The van der Waals surface area contributed by atoms with Gasteiger partial charge in [0.25, 0.3) is 5.91 Å². The van der Waals surface area contributed by atoms with E-state index in [-0.39, 0.29) is 5.91 Å². The van der Waals surface area contributed by atoms with Crippen LogP contribution < -0.4 is 5.32 Å². The monoisotopic (exact) mass is 341 g/mol. The van der Waals surface area contributed by atoms with E-state index in [4.69, 9.17) is 11.6 Å². The maximum atomic E-state index is 12.3. The molecule has 0 fully saturated rings. The molecule has 2 aromatic rings. The van der Waals surface area contributed by atoms with Crippen molar-refractivity contribution >= 4 is 39.1 Å². The average molecular weight is 343 g/mol. The first-order chi connectivity index (χ1) is 8.90. The van der Waals surface area contributed by atoms with Crippen molar-refractivity contribution in [2.24, 2.45) is 7.05 Å². The van der Waals surface area contributed by atoms with Crippen LogP contribution in [0.2, 0.25) is 5.02 Å². The lowest BCUT2D eigenvalue weighted by Crippen LogP contribution is -2.14. The van der Waals surface area contributed by atoms with Crippen molar-refractivity contribution in [3.05, 3.63) is 44.6 Å². The standard InChI is InChI=1S/C13H13BrClN3O/c1-7-12(8(2)18(3)17-7)13(19)16-11-5-4-9(14)6-10(11)15/h4-6H,1-3H3,(H,16,19). The third-order valence-electron chi connectivity index (χ3n) is 2.92. The lowest BCUT2D eigenvalue weighted by molar-refractivity contribution is 0.102. The first-order valence-corrected chi connectivity index (χ1v) is 6.84. The zero-order valence-electron chi connectivity index (χ0n) is 10.8. The minimum Gasteiger partial charge on any atom is -0.321 e. The van der Waals surface area contributed by atoms with Gasteiger partial charge in [-0.2, -0.15) is 5.10 Å². The van der Waals surface area contributed by atoms with E-state index in [1.807, 2.05) is 27.0 Å². The molecule has 1 heterocycles. The molecule has 0 aliphatic heterocycles. The summed E-state index contributed by atoms with van der Waals surface area (Å²) in [5, 5.41) is 7.52. The number of benzene rings is 1. The molecule has 0 aliphatic rings. The number of carbonyl (C=O) groups is 1. The quantitative estimate of drug-likeness (QED) is 0.904. The van der Waals surface area contributed by atoms with Crippen LogP contribution in [0, 0.1) is 13.8 Å². The summed E-state index contributed by atoms with van der Waals surface area (Å²) in [5.41, 5.74) is 2.69. The average Bonchev–Trinajstić information content (AvgIpc) is 2.57. The minimum absolute atomic E-state index is 0.202. The molecule has 0 unspecified atom stereocenters. The molecule has 2 rings (SSSR count). The van der Waals surface area contributed by atoms with Crippen LogP contribution in [0.15, 0.2) is 22.7 Å². The van der Waals surface area contributed by atoms with Crippen molar-refractivity contribution in [3.8, 4) is 0 Å². The van der Waals surface area contributed by atoms with Gasteiger partial charge in [0.2, 0.25) is 0 Å². The van der Waals surface area contributed by atoms with Gasteiger partial charge >= 0.3 is 0 Å². The number of nitrogens with zero attached hydrogens (tertiary/aromatic N) is 2. The zero-order valence-corrected chi connectivity index (χ0v) is 13.1. The molecule has 1 aromatic carbocycles. The van der Waals surface area contributed by atoms with Gasteiger partial charge in [0.1, 0.15) is 0 Å². The van der Waals surface area contributed by atoms with Crippen molar-refractivity contribution in [2.45, 2.75) is 13.8 Å². The summed E-state index contributed by atoms with van der Waals surface area (Å²) in [5.74, 6) is -0.202. The predicted octanol–water partition coefficient (Wildman–Crippen LogP) is 3.71. The summed E-state index contributed by atoms with van der Waals surface area (Å²) in [6.45, 7) is 3.67. The van der Waals surface area contributed by atoms with E-state index in [2.05, 4.69) is 26.3 Å². The Hall–Kier alpha value is -1.33. The number of nitrogens with one attached hydrogen (secondary N) is 1. The van der Waals surface area contributed by atoms with Gasteiger partial charge in [-0.05, 0) is 32.0 Å². The number of aryl methyl sites for hydroxylation is 2. The van der Waals surface area contributed by atoms with E-state index in [9.17, 15) is 4.79 Å². The zero-order chi connectivity index (χ0) is 14.2. The van der Waals surface area contributed by atoms with Crippen LogP contribution in [0.4, 0.5) is 5.69 Å². The van der Waals surface area contributed by atoms with Crippen LogP contribution in [0.5, 0.6) is 0 Å². The van der Waals surface area contributed by atoms with Crippen LogP contribution in [-0.4, -0.2) is 15.7 Å². The Labute approximate surface area is 124 Å². The molecular formula is C13H13BrClN3O. The summed E-state index contributed by atoms with van der Waals surface area (Å²) in [4.78, 5) is 12.3. The van der Waals surface area contributed by atoms with Crippen molar-refractivity contribution in [3.63, 3.8) is 0 Å². The predicted molar refractivity (Wildman–Crippen MR) is 79.8 cm³/mol. The lowest BCUT2D eigenvalue weighted by Gasteiger charge is -2.08. The summed E-state index contributed by atoms with van der Waals surface area (Å²) < 4.78 is 2.55. The number of hydrogen-bond acceptors (Lipinski definition) is 2. The third-order valence-corrected chi connectivity index (χ3v) is 3.72. The van der Waals surface area contributed by atoms with E-state index in [1.54, 1.807) is 16.8 Å². The highest BCUT2D eigenvalue weighted by Crippen LogP contribution is 2.26. The molecule has 0 aliphatic carbocycles. The van der Waals surface area contributed by atoms with Crippen LogP contribution in [0.25, 0.3) is 0 Å². The maximum Gasteiger partial charge on any atom is 0.259 e. The Balaban J connectivity index is 2.31. The highest BCUT2D eigenvalue weighted by molar-refractivity contribution is 9.10. The normalized spacial score (nSPS) is 10.6. The van der Waals surface area contributed by atoms with Crippen LogP contribution in [0.3, 0.4) is 0 Å². The van der Waals surface area contributed by atoms with Gasteiger partial charge in [0.15, 0.2) is 0 Å². The smallest absolute Gasteiger partial charge is 0.259 e. The maximum absolute atomic E-state index is 12.3. The number of amides is 1. The van der Waals surface area contributed by atoms with Gasteiger partial charge in [-0.15, -0.1) is 0 Å². The van der Waals surface area contributed by atoms with Crippen LogP contribution >= 0.6 is 27.5 Å². The van der Waals surface area contributed by atoms with Gasteiger partial charge in [-0.3, -0.25) is 9.48 Å². The van der Waals surface area contributed by atoms with Crippen molar-refractivity contribution in [1.82, 2.24) is 9.78 Å². The second-order valence-electron chi connectivity index (χ2n) is 4.25. The molecule has 1 aromatic heterocycles. The fraction of sp³-hybridized carbons (Fsp3) is 0.231. The first-order valence-electron chi connectivity index (χ1n) is 5.66. The summed E-state index contributed by atoms with van der Waals surface area (Å²) in [7, 11) is 1.81. The van der Waals surface area contributed by atoms with Gasteiger partial charge in [0.05, 0.1) is 22.0 Å². The third kappa shape index (κ3) is 2.82. The van der Waals surface area contributed by atoms with E-state index < -0.39 is 0 Å². The molecule has 1 N–H and O–H groups in total. The molecule has 0 saturated carbocycles. The molecule has 0 bridgehead atoms. The van der Waals surface area contributed by atoms with Gasteiger partial charge in [0, 0.05) is 17.2 Å². The van der Waals surface area contributed by atoms with Crippen LogP contribution in [0.1, 0.15) is 21.7 Å². The van der Waals surface area contributed by atoms with Gasteiger partial charge in [-0.25, -0.2) is 0 Å². The number of anilines is 1. The highest BCUT2D eigenvalue weighted by Gasteiger charge is 2.18. The molecular weight excluding hydrogens is 330 g/mol. The molecule has 19 heavy (non-hydrogen) atoms. The summed E-state index contributed by atoms with van der Waals surface area (Å²) in [6.07, 6.45) is 0. The lowest BCUT2D eigenvalue weighted by atomic mass is 10.2. The van der Waals surface area contributed by atoms with E-state index in [1.165, 1.54) is 0 Å². The van der Waals surface area contributed by atoms with Crippen molar-refractivity contribution < 1.29 is 4.79 Å². The molecule has 100 valence electrons.